The van der Waals surface area contributed by atoms with Crippen molar-refractivity contribution in [2.75, 3.05) is 0 Å². The molecule has 2 rings (SSSR count). The van der Waals surface area contributed by atoms with Gasteiger partial charge < -0.3 is 4.57 Å². The van der Waals surface area contributed by atoms with Crippen LogP contribution in [-0.4, -0.2) is 14.5 Å². The normalized spacial score (nSPS) is 10.8. The van der Waals surface area contributed by atoms with Crippen LogP contribution in [0.5, 0.6) is 0 Å². The fourth-order valence-corrected chi connectivity index (χ4v) is 1.47. The van der Waals surface area contributed by atoms with Crippen LogP contribution in [0.3, 0.4) is 0 Å². The quantitative estimate of drug-likeness (QED) is 0.638. The predicted octanol–water partition coefficient (Wildman–Crippen LogP) is 1.76. The molecule has 0 fully saturated rings. The van der Waals surface area contributed by atoms with Crippen LogP contribution in [0.4, 0.5) is 0 Å². The molecule has 0 atom stereocenters. The Hall–Kier alpha value is -1.38. The molecule has 0 aliphatic rings. The molecule has 0 saturated carbocycles. The van der Waals surface area contributed by atoms with Gasteiger partial charge in [0.25, 0.3) is 0 Å². The average Bonchev–Trinajstić information content (AvgIpc) is 2.40. The maximum absolute atomic E-state index is 4.34. The number of nitrogens with zero attached hydrogens (tertiary/aromatic N) is 3. The number of hydrogen-bond acceptors (Lipinski definition) is 2. The molecule has 0 N–H and O–H groups in total. The van der Waals surface area contributed by atoms with Gasteiger partial charge in [-0.05, 0) is 26.0 Å². The van der Waals surface area contributed by atoms with Gasteiger partial charge in [0, 0.05) is 12.7 Å². The third-order valence-corrected chi connectivity index (χ3v) is 2.03. The molecule has 2 aromatic rings. The fraction of sp³-hybridized carbons (Fsp3) is 0.333. The zero-order chi connectivity index (χ0) is 8.55. The Balaban J connectivity index is 2.81. The summed E-state index contributed by atoms with van der Waals surface area (Å²) in [5, 5.41) is 0. The van der Waals surface area contributed by atoms with Crippen LogP contribution in [0.25, 0.3) is 11.2 Å². The van der Waals surface area contributed by atoms with Gasteiger partial charge in [0.2, 0.25) is 0 Å². The van der Waals surface area contributed by atoms with E-state index in [0.29, 0.717) is 0 Å². The largest absolute Gasteiger partial charge is 0.327 e. The van der Waals surface area contributed by atoms with Crippen LogP contribution in [0.1, 0.15) is 12.7 Å². The van der Waals surface area contributed by atoms with Gasteiger partial charge in [0.15, 0.2) is 5.65 Å². The lowest BCUT2D eigenvalue weighted by Gasteiger charge is -1.99. The van der Waals surface area contributed by atoms with Crippen LogP contribution < -0.4 is 0 Å². The van der Waals surface area contributed by atoms with Crippen LogP contribution in [-0.2, 0) is 6.54 Å². The molecule has 0 aliphatic carbocycles. The lowest BCUT2D eigenvalue weighted by molar-refractivity contribution is 0.753. The van der Waals surface area contributed by atoms with Crippen molar-refractivity contribution in [2.45, 2.75) is 20.4 Å². The monoisotopic (exact) mass is 161 g/mol. The van der Waals surface area contributed by atoms with Gasteiger partial charge in [-0.3, -0.25) is 0 Å². The smallest absolute Gasteiger partial charge is 0.177 e. The second-order valence-electron chi connectivity index (χ2n) is 2.75. The minimum atomic E-state index is 0.844. The zero-order valence-electron chi connectivity index (χ0n) is 7.28. The molecule has 0 unspecified atom stereocenters. The third kappa shape index (κ3) is 0.897. The molecule has 2 heterocycles. The summed E-state index contributed by atoms with van der Waals surface area (Å²) in [6.07, 6.45) is 1.77. The van der Waals surface area contributed by atoms with E-state index < -0.39 is 0 Å². The molecular weight excluding hydrogens is 150 g/mol. The number of rotatable bonds is 1. The second-order valence-corrected chi connectivity index (χ2v) is 2.75. The molecule has 0 amide bonds. The second kappa shape index (κ2) is 2.59. The molecule has 0 saturated heterocycles. The number of aryl methyl sites for hydroxylation is 2. The highest BCUT2D eigenvalue weighted by Crippen LogP contribution is 2.11. The predicted molar refractivity (Wildman–Crippen MR) is 47.9 cm³/mol. The van der Waals surface area contributed by atoms with Gasteiger partial charge in [0.1, 0.15) is 5.82 Å². The molecule has 0 spiro atoms. The number of aromatic nitrogens is 3. The summed E-state index contributed by atoms with van der Waals surface area (Å²) >= 11 is 0. The van der Waals surface area contributed by atoms with Crippen molar-refractivity contribution < 1.29 is 0 Å². The van der Waals surface area contributed by atoms with E-state index in [-0.39, 0.29) is 0 Å². The molecule has 0 radical (unpaired) electrons. The van der Waals surface area contributed by atoms with E-state index in [9.17, 15) is 0 Å². The number of imidazole rings is 1. The molecule has 2 aromatic heterocycles. The topological polar surface area (TPSA) is 30.7 Å². The van der Waals surface area contributed by atoms with Crippen molar-refractivity contribution in [3.8, 4) is 0 Å². The van der Waals surface area contributed by atoms with E-state index in [1.807, 2.05) is 19.1 Å². The highest BCUT2D eigenvalue weighted by atomic mass is 15.1. The van der Waals surface area contributed by atoms with Gasteiger partial charge in [-0.1, -0.05) is 0 Å². The molecule has 12 heavy (non-hydrogen) atoms. The Morgan fingerprint density at radius 1 is 1.50 bits per heavy atom. The first kappa shape index (κ1) is 7.28. The van der Waals surface area contributed by atoms with Crippen molar-refractivity contribution in [2.24, 2.45) is 0 Å². The first-order valence-corrected chi connectivity index (χ1v) is 4.10. The lowest BCUT2D eigenvalue weighted by atomic mass is 10.4. The fourth-order valence-electron chi connectivity index (χ4n) is 1.47. The Morgan fingerprint density at radius 3 is 3.08 bits per heavy atom. The summed E-state index contributed by atoms with van der Waals surface area (Å²) in [6.45, 7) is 5.07. The van der Waals surface area contributed by atoms with E-state index >= 15 is 0 Å². The summed E-state index contributed by atoms with van der Waals surface area (Å²) in [4.78, 5) is 8.51. The minimum Gasteiger partial charge on any atom is -0.327 e. The number of hydrogen-bond donors (Lipinski definition) is 0. The Bertz CT molecular complexity index is 403. The first-order chi connectivity index (χ1) is 5.83. The van der Waals surface area contributed by atoms with Crippen LogP contribution in [0.15, 0.2) is 18.3 Å². The third-order valence-electron chi connectivity index (χ3n) is 2.03. The molecule has 0 aromatic carbocycles. The Morgan fingerprint density at radius 2 is 2.33 bits per heavy atom. The van der Waals surface area contributed by atoms with Crippen molar-refractivity contribution >= 4 is 11.2 Å². The van der Waals surface area contributed by atoms with E-state index in [1.165, 1.54) is 0 Å². The minimum absolute atomic E-state index is 0.844. The van der Waals surface area contributed by atoms with E-state index in [4.69, 9.17) is 0 Å². The molecule has 3 nitrogen and oxygen atoms in total. The standard InChI is InChI=1S/C9H11N3/c1-3-12-7(2)11-9-8(12)5-4-6-10-9/h4-6H,3H2,1-2H3. The first-order valence-electron chi connectivity index (χ1n) is 4.10. The molecule has 0 bridgehead atoms. The highest BCUT2D eigenvalue weighted by molar-refractivity contribution is 5.71. The highest BCUT2D eigenvalue weighted by Gasteiger charge is 2.04. The maximum Gasteiger partial charge on any atom is 0.177 e. The van der Waals surface area contributed by atoms with Crippen molar-refractivity contribution in [1.82, 2.24) is 14.5 Å². The van der Waals surface area contributed by atoms with Crippen LogP contribution >= 0.6 is 0 Å². The summed E-state index contributed by atoms with van der Waals surface area (Å²) in [6, 6.07) is 3.99. The average molecular weight is 161 g/mol. The van der Waals surface area contributed by atoms with Crippen LogP contribution in [0, 0.1) is 6.92 Å². The van der Waals surface area contributed by atoms with Gasteiger partial charge in [-0.15, -0.1) is 0 Å². The number of pyridine rings is 1. The summed E-state index contributed by atoms with van der Waals surface area (Å²) < 4.78 is 2.16. The van der Waals surface area contributed by atoms with Gasteiger partial charge in [-0.25, -0.2) is 9.97 Å². The van der Waals surface area contributed by atoms with Crippen molar-refractivity contribution in [3.05, 3.63) is 24.2 Å². The Labute approximate surface area is 71.1 Å². The number of fused-ring (bicyclic) bond motifs is 1. The van der Waals surface area contributed by atoms with E-state index in [0.717, 1.165) is 23.5 Å². The molecule has 0 aliphatic heterocycles. The zero-order valence-corrected chi connectivity index (χ0v) is 7.28. The van der Waals surface area contributed by atoms with Gasteiger partial charge in [-0.2, -0.15) is 0 Å². The maximum atomic E-state index is 4.34. The van der Waals surface area contributed by atoms with E-state index in [2.05, 4.69) is 21.5 Å². The van der Waals surface area contributed by atoms with Crippen molar-refractivity contribution in [1.29, 1.82) is 0 Å². The summed E-state index contributed by atoms with van der Waals surface area (Å²) in [7, 11) is 0. The summed E-state index contributed by atoms with van der Waals surface area (Å²) in [5.74, 6) is 1.03. The molecular formula is C9H11N3. The van der Waals surface area contributed by atoms with Crippen LogP contribution in [0.2, 0.25) is 0 Å². The molecule has 3 heteroatoms. The van der Waals surface area contributed by atoms with Gasteiger partial charge >= 0.3 is 0 Å². The van der Waals surface area contributed by atoms with Crippen molar-refractivity contribution in [3.63, 3.8) is 0 Å². The SMILES string of the molecule is CCn1c(C)nc2ncccc21. The Kier molecular flexibility index (Phi) is 1.57. The van der Waals surface area contributed by atoms with E-state index in [1.54, 1.807) is 6.20 Å². The molecule has 62 valence electrons. The van der Waals surface area contributed by atoms with Gasteiger partial charge in [0.05, 0.1) is 5.52 Å². The lowest BCUT2D eigenvalue weighted by Crippen LogP contribution is -1.95. The summed E-state index contributed by atoms with van der Waals surface area (Å²) in [5.41, 5.74) is 1.97.